The molecule has 0 amide bonds. The van der Waals surface area contributed by atoms with E-state index in [-0.39, 0.29) is 0 Å². The van der Waals surface area contributed by atoms with E-state index in [1.54, 1.807) is 0 Å². The summed E-state index contributed by atoms with van der Waals surface area (Å²) in [6.45, 7) is 2.08. The number of para-hydroxylation sites is 1. The zero-order valence-corrected chi connectivity index (χ0v) is 25.9. The molecule has 5 aromatic carbocycles. The van der Waals surface area contributed by atoms with Crippen molar-refractivity contribution < 1.29 is 0 Å². The molecule has 9 rings (SSSR count). The largest absolute Gasteiger partial charge is 0.313 e. The number of nitrogens with zero attached hydrogens (tertiary/aromatic N) is 1. The van der Waals surface area contributed by atoms with Crippen molar-refractivity contribution in [2.24, 2.45) is 0 Å². The molecule has 0 bridgehead atoms. The molecule has 0 radical (unpaired) electrons. The number of hydrogen-bond acceptors (Lipinski definition) is 0. The Morgan fingerprint density at radius 3 is 2.39 bits per heavy atom. The van der Waals surface area contributed by atoms with Crippen LogP contribution in [0.25, 0.3) is 61.3 Å². The number of aromatic nitrogens is 1. The molecule has 1 nitrogen and oxygen atoms in total. The van der Waals surface area contributed by atoms with E-state index in [1.165, 1.54) is 88.7 Å². The molecule has 1 aromatic heterocycles. The lowest BCUT2D eigenvalue weighted by molar-refractivity contribution is 1.01. The first-order chi connectivity index (χ1) is 22.8. The van der Waals surface area contributed by atoms with E-state index in [2.05, 4.69) is 169 Å². The van der Waals surface area contributed by atoms with Crippen LogP contribution in [-0.2, 0) is 6.42 Å². The fraction of sp³-hybridized carbons (Fsp3) is 0.0667. The van der Waals surface area contributed by atoms with Crippen molar-refractivity contribution >= 4 is 44.5 Å². The monoisotopic (exact) mass is 587 g/mol. The van der Waals surface area contributed by atoms with Gasteiger partial charge in [-0.15, -0.1) is 0 Å². The van der Waals surface area contributed by atoms with Gasteiger partial charge in [0.1, 0.15) is 0 Å². The first-order valence-electron chi connectivity index (χ1n) is 16.3. The smallest absolute Gasteiger partial charge is 0.0538 e. The van der Waals surface area contributed by atoms with Gasteiger partial charge in [0.25, 0.3) is 0 Å². The molecular weight excluding hydrogens is 555 g/mol. The molecule has 0 saturated carbocycles. The molecule has 218 valence electrons. The summed E-state index contributed by atoms with van der Waals surface area (Å²) in [4.78, 5) is 0. The van der Waals surface area contributed by atoms with Gasteiger partial charge in [-0.1, -0.05) is 127 Å². The van der Waals surface area contributed by atoms with Crippen LogP contribution in [0.5, 0.6) is 0 Å². The number of hydrogen-bond donors (Lipinski definition) is 0. The highest BCUT2D eigenvalue weighted by Crippen LogP contribution is 2.47. The van der Waals surface area contributed by atoms with Gasteiger partial charge in [0.15, 0.2) is 0 Å². The maximum absolute atomic E-state index is 2.48. The molecule has 3 aliphatic carbocycles. The van der Waals surface area contributed by atoms with E-state index < -0.39 is 0 Å². The van der Waals surface area contributed by atoms with Crippen LogP contribution in [0.4, 0.5) is 0 Å². The maximum atomic E-state index is 2.48. The topological polar surface area (TPSA) is 4.93 Å². The van der Waals surface area contributed by atoms with Crippen molar-refractivity contribution in [2.75, 3.05) is 0 Å². The third kappa shape index (κ3) is 4.16. The van der Waals surface area contributed by atoms with Crippen molar-refractivity contribution in [1.29, 1.82) is 0 Å². The van der Waals surface area contributed by atoms with E-state index in [0.717, 1.165) is 12.8 Å². The fourth-order valence-corrected chi connectivity index (χ4v) is 7.66. The summed E-state index contributed by atoms with van der Waals surface area (Å²) in [6.07, 6.45) is 20.1. The average Bonchev–Trinajstić information content (AvgIpc) is 3.36. The second-order valence-corrected chi connectivity index (χ2v) is 12.3. The summed E-state index contributed by atoms with van der Waals surface area (Å²) in [7, 11) is 0. The lowest BCUT2D eigenvalue weighted by Gasteiger charge is -2.13. The van der Waals surface area contributed by atoms with Gasteiger partial charge in [0, 0.05) is 28.8 Å². The van der Waals surface area contributed by atoms with Gasteiger partial charge < -0.3 is 4.57 Å². The van der Waals surface area contributed by atoms with E-state index >= 15 is 0 Å². The van der Waals surface area contributed by atoms with Gasteiger partial charge in [0.2, 0.25) is 0 Å². The Balaban J connectivity index is 1.14. The summed E-state index contributed by atoms with van der Waals surface area (Å²) in [6, 6.07) is 40.3. The van der Waals surface area contributed by atoms with E-state index in [0.29, 0.717) is 0 Å². The van der Waals surface area contributed by atoms with Crippen molar-refractivity contribution in [3.8, 4) is 16.8 Å². The minimum Gasteiger partial charge on any atom is -0.313 e. The predicted octanol–water partition coefficient (Wildman–Crippen LogP) is 11.8. The van der Waals surface area contributed by atoms with Crippen LogP contribution in [0.2, 0.25) is 0 Å². The molecule has 1 heteroatoms. The summed E-state index contributed by atoms with van der Waals surface area (Å²) in [5.41, 5.74) is 16.9. The highest BCUT2D eigenvalue weighted by atomic mass is 15.0. The van der Waals surface area contributed by atoms with Crippen LogP contribution in [0.3, 0.4) is 0 Å². The molecule has 0 unspecified atom stereocenters. The van der Waals surface area contributed by atoms with Crippen LogP contribution < -0.4 is 0 Å². The zero-order valence-electron chi connectivity index (χ0n) is 25.9. The summed E-state index contributed by atoms with van der Waals surface area (Å²) in [5, 5.41) is 3.81. The van der Waals surface area contributed by atoms with Gasteiger partial charge in [-0.2, -0.15) is 0 Å². The van der Waals surface area contributed by atoms with Crippen LogP contribution in [-0.4, -0.2) is 4.57 Å². The van der Waals surface area contributed by atoms with Gasteiger partial charge in [0.05, 0.1) is 5.52 Å². The minimum absolute atomic E-state index is 0.892. The highest BCUT2D eigenvalue weighted by Gasteiger charge is 2.27. The average molecular weight is 588 g/mol. The Bertz CT molecular complexity index is 2410. The fourth-order valence-electron chi connectivity index (χ4n) is 7.66. The molecule has 6 aromatic rings. The van der Waals surface area contributed by atoms with Crippen molar-refractivity contribution in [1.82, 2.24) is 4.57 Å². The molecule has 0 N–H and O–H groups in total. The normalized spacial score (nSPS) is 16.0. The number of fused-ring (bicyclic) bond motifs is 9. The first-order valence-corrected chi connectivity index (χ1v) is 16.3. The lowest BCUT2D eigenvalue weighted by atomic mass is 9.96. The predicted molar refractivity (Wildman–Crippen MR) is 197 cm³/mol. The van der Waals surface area contributed by atoms with Crippen LogP contribution in [0.15, 0.2) is 157 Å². The van der Waals surface area contributed by atoms with Crippen LogP contribution in [0, 0.1) is 0 Å². The first kappa shape index (κ1) is 26.7. The SMILES string of the molecule is C/C=C\C=C1/C2=CC(c3ccc4cc(-n5c6c(c7ccccc75)-c5ccccc5C=CC6)ccc4c3)=CCC=C2c2ccccc21. The minimum atomic E-state index is 0.892. The van der Waals surface area contributed by atoms with Gasteiger partial charge in [-0.3, -0.25) is 0 Å². The molecule has 1 heterocycles. The number of allylic oxidation sites excluding steroid dienone is 11. The molecule has 0 atom stereocenters. The Morgan fingerprint density at radius 1 is 0.696 bits per heavy atom. The van der Waals surface area contributed by atoms with E-state index in [9.17, 15) is 0 Å². The number of rotatable bonds is 3. The second kappa shape index (κ2) is 10.8. The second-order valence-electron chi connectivity index (χ2n) is 12.3. The van der Waals surface area contributed by atoms with Crippen LogP contribution >= 0.6 is 0 Å². The lowest BCUT2D eigenvalue weighted by Crippen LogP contribution is -2.00. The summed E-state index contributed by atoms with van der Waals surface area (Å²) < 4.78 is 2.48. The molecule has 0 aliphatic heterocycles. The molecule has 0 saturated heterocycles. The van der Waals surface area contributed by atoms with Crippen molar-refractivity contribution in [2.45, 2.75) is 19.8 Å². The molecule has 46 heavy (non-hydrogen) atoms. The molecule has 0 spiro atoms. The van der Waals surface area contributed by atoms with Crippen LogP contribution in [0.1, 0.15) is 41.3 Å². The van der Waals surface area contributed by atoms with E-state index in [1.807, 2.05) is 0 Å². The molecule has 3 aliphatic rings. The highest BCUT2D eigenvalue weighted by molar-refractivity contribution is 6.11. The standard InChI is InChI=1S/C45H33N/c1-2-3-15-39-37-17-6-7-18-38(37)40-20-10-14-31(29-42(39)40)32-23-24-34-28-35(26-25-33(34)27-32)46-43-21-9-8-19-41(43)45-36-16-5-4-12-30(36)13-11-22-44(45)46/h2-9,11-21,23-29H,10,22H2,1H3/b3-2-,39-15-. The Kier molecular flexibility index (Phi) is 6.24. The Labute approximate surface area is 270 Å². The third-order valence-corrected chi connectivity index (χ3v) is 9.73. The van der Waals surface area contributed by atoms with Crippen molar-refractivity contribution in [3.63, 3.8) is 0 Å². The van der Waals surface area contributed by atoms with E-state index in [4.69, 9.17) is 0 Å². The maximum Gasteiger partial charge on any atom is 0.0538 e. The van der Waals surface area contributed by atoms with Gasteiger partial charge in [-0.25, -0.2) is 0 Å². The molecule has 0 fully saturated rings. The summed E-state index contributed by atoms with van der Waals surface area (Å²) >= 11 is 0. The van der Waals surface area contributed by atoms with Gasteiger partial charge in [-0.05, 0) is 105 Å². The third-order valence-electron chi connectivity index (χ3n) is 9.73. The number of benzene rings is 5. The zero-order chi connectivity index (χ0) is 30.6. The molecular formula is C45H33N. The van der Waals surface area contributed by atoms with Gasteiger partial charge >= 0.3 is 0 Å². The van der Waals surface area contributed by atoms with Crippen molar-refractivity contribution in [3.05, 3.63) is 185 Å². The Hall–Kier alpha value is -5.66. The quantitative estimate of drug-likeness (QED) is 0.194. The Morgan fingerprint density at radius 2 is 1.48 bits per heavy atom. The summed E-state index contributed by atoms with van der Waals surface area (Å²) in [5.74, 6) is 0.